The highest BCUT2D eigenvalue weighted by Crippen LogP contribution is 2.41. The van der Waals surface area contributed by atoms with Crippen molar-refractivity contribution in [3.8, 4) is 0 Å². The van der Waals surface area contributed by atoms with Crippen LogP contribution >= 0.6 is 0 Å². The molecular weight excluding hydrogens is 263 g/mol. The zero-order valence-corrected chi connectivity index (χ0v) is 11.3. The van der Waals surface area contributed by atoms with Gasteiger partial charge in [0.2, 0.25) is 0 Å². The van der Waals surface area contributed by atoms with E-state index in [-0.39, 0.29) is 25.7 Å². The van der Waals surface area contributed by atoms with E-state index < -0.39 is 29.5 Å². The third-order valence-electron chi connectivity index (χ3n) is 3.09. The normalized spacial score (nSPS) is 28.9. The van der Waals surface area contributed by atoms with Crippen molar-refractivity contribution >= 4 is 6.09 Å². The molecule has 1 aliphatic rings. The summed E-state index contributed by atoms with van der Waals surface area (Å²) in [6.07, 6.45) is -7.04. The molecule has 1 fully saturated rings. The van der Waals surface area contributed by atoms with Gasteiger partial charge in [0.15, 0.2) is 0 Å². The molecule has 19 heavy (non-hydrogen) atoms. The van der Waals surface area contributed by atoms with Crippen LogP contribution in [-0.2, 0) is 4.74 Å². The van der Waals surface area contributed by atoms with Crippen molar-refractivity contribution in [1.82, 2.24) is 5.32 Å². The Morgan fingerprint density at radius 3 is 2.11 bits per heavy atom. The highest BCUT2D eigenvalue weighted by atomic mass is 19.4. The van der Waals surface area contributed by atoms with Crippen LogP contribution in [0.15, 0.2) is 0 Å². The summed E-state index contributed by atoms with van der Waals surface area (Å²) < 4.78 is 44.4. The van der Waals surface area contributed by atoms with Gasteiger partial charge in [-0.25, -0.2) is 4.79 Å². The van der Waals surface area contributed by atoms with Crippen LogP contribution in [0.2, 0.25) is 0 Å². The molecule has 0 aromatic heterocycles. The summed E-state index contributed by atoms with van der Waals surface area (Å²) in [4.78, 5) is 11.6. The van der Waals surface area contributed by atoms with Gasteiger partial charge in [0.05, 0.1) is 6.10 Å². The minimum atomic E-state index is -4.57. The molecule has 1 rings (SSSR count). The van der Waals surface area contributed by atoms with Gasteiger partial charge in [0, 0.05) is 0 Å². The van der Waals surface area contributed by atoms with Crippen LogP contribution in [0.25, 0.3) is 0 Å². The van der Waals surface area contributed by atoms with Crippen molar-refractivity contribution in [2.24, 2.45) is 0 Å². The molecule has 112 valence electrons. The first-order valence-corrected chi connectivity index (χ1v) is 6.21. The Morgan fingerprint density at radius 2 is 1.74 bits per heavy atom. The Bertz CT molecular complexity index is 328. The molecule has 1 saturated carbocycles. The predicted octanol–water partition coefficient (Wildman–Crippen LogP) is 2.75. The smallest absolute Gasteiger partial charge is 0.411 e. The first kappa shape index (κ1) is 16.1. The average Bonchev–Trinajstić information content (AvgIpc) is 2.17. The van der Waals surface area contributed by atoms with E-state index in [1.165, 1.54) is 0 Å². The summed E-state index contributed by atoms with van der Waals surface area (Å²) >= 11 is 0. The van der Waals surface area contributed by atoms with Crippen molar-refractivity contribution in [2.75, 3.05) is 0 Å². The van der Waals surface area contributed by atoms with E-state index >= 15 is 0 Å². The molecule has 2 N–H and O–H groups in total. The number of carbonyl (C=O) groups is 1. The number of hydrogen-bond donors (Lipinski definition) is 2. The van der Waals surface area contributed by atoms with E-state index in [9.17, 15) is 23.1 Å². The Morgan fingerprint density at radius 1 is 1.26 bits per heavy atom. The number of aliphatic hydroxyl groups excluding tert-OH is 1. The summed E-state index contributed by atoms with van der Waals surface area (Å²) in [5, 5.41) is 11.3. The minimum absolute atomic E-state index is 0.00923. The Kier molecular flexibility index (Phi) is 4.39. The summed E-state index contributed by atoms with van der Waals surface area (Å²) in [5.41, 5.74) is -3.15. The Labute approximate surface area is 110 Å². The number of nitrogens with one attached hydrogen (secondary N) is 1. The lowest BCUT2D eigenvalue weighted by atomic mass is 9.80. The van der Waals surface area contributed by atoms with Gasteiger partial charge in [-0.1, -0.05) is 0 Å². The number of alkyl carbamates (subject to hydrolysis) is 1. The molecule has 1 aliphatic carbocycles. The highest BCUT2D eigenvalue weighted by Gasteiger charge is 2.57. The van der Waals surface area contributed by atoms with Crippen LogP contribution in [0.4, 0.5) is 18.0 Å². The van der Waals surface area contributed by atoms with E-state index in [1.54, 1.807) is 20.8 Å². The second-order valence-corrected chi connectivity index (χ2v) is 5.94. The third-order valence-corrected chi connectivity index (χ3v) is 3.09. The van der Waals surface area contributed by atoms with Crippen molar-refractivity contribution in [3.63, 3.8) is 0 Å². The van der Waals surface area contributed by atoms with Crippen LogP contribution in [-0.4, -0.2) is 34.6 Å². The first-order chi connectivity index (χ1) is 8.45. The van der Waals surface area contributed by atoms with Gasteiger partial charge >= 0.3 is 12.3 Å². The summed E-state index contributed by atoms with van der Waals surface area (Å²) in [7, 11) is 0. The quantitative estimate of drug-likeness (QED) is 0.778. The maximum atomic E-state index is 13.2. The predicted molar refractivity (Wildman–Crippen MR) is 62.6 cm³/mol. The molecule has 0 aliphatic heterocycles. The lowest BCUT2D eigenvalue weighted by Gasteiger charge is -2.40. The SMILES string of the molecule is CC(C)(C)OC(=O)NC1(C(F)(F)F)CCC(O)CC1. The highest BCUT2D eigenvalue weighted by molar-refractivity contribution is 5.69. The molecule has 4 nitrogen and oxygen atoms in total. The average molecular weight is 283 g/mol. The number of rotatable bonds is 1. The second kappa shape index (κ2) is 5.19. The largest absolute Gasteiger partial charge is 0.444 e. The van der Waals surface area contributed by atoms with E-state index in [1.807, 2.05) is 5.32 Å². The van der Waals surface area contributed by atoms with Gasteiger partial charge in [-0.05, 0) is 46.5 Å². The van der Waals surface area contributed by atoms with E-state index in [4.69, 9.17) is 4.74 Å². The first-order valence-electron chi connectivity index (χ1n) is 6.21. The van der Waals surface area contributed by atoms with Crippen molar-refractivity contribution in [2.45, 2.75) is 69.9 Å². The van der Waals surface area contributed by atoms with Gasteiger partial charge in [0.25, 0.3) is 0 Å². The number of halogens is 3. The summed E-state index contributed by atoms with van der Waals surface area (Å²) in [6.45, 7) is 4.74. The molecule has 0 spiro atoms. The van der Waals surface area contributed by atoms with E-state index in [2.05, 4.69) is 0 Å². The number of aliphatic hydroxyl groups is 1. The zero-order valence-electron chi connectivity index (χ0n) is 11.3. The molecule has 1 amide bonds. The van der Waals surface area contributed by atoms with Crippen LogP contribution in [0.3, 0.4) is 0 Å². The number of hydrogen-bond acceptors (Lipinski definition) is 3. The topological polar surface area (TPSA) is 58.6 Å². The van der Waals surface area contributed by atoms with Crippen molar-refractivity contribution in [3.05, 3.63) is 0 Å². The third kappa shape index (κ3) is 4.26. The number of carbonyl (C=O) groups excluding carboxylic acids is 1. The summed E-state index contributed by atoms with van der Waals surface area (Å²) in [5.74, 6) is 0. The van der Waals surface area contributed by atoms with Crippen molar-refractivity contribution in [1.29, 1.82) is 0 Å². The zero-order chi connectivity index (χ0) is 14.9. The van der Waals surface area contributed by atoms with Gasteiger partial charge in [0.1, 0.15) is 11.1 Å². The molecule has 0 unspecified atom stereocenters. The molecular formula is C12H20F3NO3. The Hall–Kier alpha value is -0.980. The maximum absolute atomic E-state index is 13.2. The molecule has 0 heterocycles. The fourth-order valence-corrected chi connectivity index (χ4v) is 2.07. The minimum Gasteiger partial charge on any atom is -0.444 e. The molecule has 0 radical (unpaired) electrons. The molecule has 7 heteroatoms. The number of amides is 1. The lowest BCUT2D eigenvalue weighted by Crippen LogP contribution is -2.61. The molecule has 0 bridgehead atoms. The van der Waals surface area contributed by atoms with Gasteiger partial charge in [-0.2, -0.15) is 13.2 Å². The van der Waals surface area contributed by atoms with Crippen LogP contribution < -0.4 is 5.32 Å². The molecule has 0 saturated heterocycles. The fourth-order valence-electron chi connectivity index (χ4n) is 2.07. The van der Waals surface area contributed by atoms with Gasteiger partial charge in [-0.15, -0.1) is 0 Å². The number of alkyl halides is 3. The Balaban J connectivity index is 2.80. The maximum Gasteiger partial charge on any atom is 0.411 e. The molecule has 0 aromatic rings. The standard InChI is InChI=1S/C12H20F3NO3/c1-10(2,3)19-9(18)16-11(12(13,14)15)6-4-8(17)5-7-11/h8,17H,4-7H2,1-3H3,(H,16,18). The lowest BCUT2D eigenvalue weighted by molar-refractivity contribution is -0.207. The van der Waals surface area contributed by atoms with Crippen molar-refractivity contribution < 1.29 is 27.8 Å². The van der Waals surface area contributed by atoms with Crippen LogP contribution in [0, 0.1) is 0 Å². The van der Waals surface area contributed by atoms with E-state index in [0.29, 0.717) is 0 Å². The molecule has 0 aromatic carbocycles. The fraction of sp³-hybridized carbons (Fsp3) is 0.917. The van der Waals surface area contributed by atoms with E-state index in [0.717, 1.165) is 0 Å². The monoisotopic (exact) mass is 283 g/mol. The van der Waals surface area contributed by atoms with Crippen LogP contribution in [0.5, 0.6) is 0 Å². The van der Waals surface area contributed by atoms with Crippen LogP contribution in [0.1, 0.15) is 46.5 Å². The van der Waals surface area contributed by atoms with Gasteiger partial charge in [-0.3, -0.25) is 0 Å². The molecule has 0 atom stereocenters. The van der Waals surface area contributed by atoms with Gasteiger partial charge < -0.3 is 15.2 Å². The second-order valence-electron chi connectivity index (χ2n) is 5.94. The number of ether oxygens (including phenoxy) is 1. The summed E-state index contributed by atoms with van der Waals surface area (Å²) in [6, 6.07) is 0.